The van der Waals surface area contributed by atoms with Crippen molar-refractivity contribution in [3.63, 3.8) is 0 Å². The molecule has 2 fully saturated rings. The van der Waals surface area contributed by atoms with Crippen LogP contribution in [0.1, 0.15) is 26.3 Å². The molecule has 1 aromatic carbocycles. The number of benzene rings is 1. The molecule has 1 N–H and O–H groups in total. The van der Waals surface area contributed by atoms with Crippen LogP contribution in [0.15, 0.2) is 28.0 Å². The highest BCUT2D eigenvalue weighted by Gasteiger charge is 2.45. The van der Waals surface area contributed by atoms with Gasteiger partial charge in [-0.15, -0.1) is 0 Å². The van der Waals surface area contributed by atoms with Gasteiger partial charge < -0.3 is 9.47 Å². The monoisotopic (exact) mass is 505 g/mol. The minimum absolute atomic E-state index is 0.118. The molecule has 0 bridgehead atoms. The van der Waals surface area contributed by atoms with Gasteiger partial charge in [-0.3, -0.25) is 14.8 Å². The van der Waals surface area contributed by atoms with E-state index in [0.717, 1.165) is 26.2 Å². The molecular formula is C20H30Cl2N5O2PS. The number of ether oxygens (including phenoxy) is 2. The predicted octanol–water partition coefficient (Wildman–Crippen LogP) is 4.70. The summed E-state index contributed by atoms with van der Waals surface area (Å²) >= 11 is 18.0. The lowest BCUT2D eigenvalue weighted by molar-refractivity contribution is 0.0551. The quantitative estimate of drug-likeness (QED) is 0.277. The molecule has 172 valence electrons. The Labute approximate surface area is 200 Å². The third-order valence-electron chi connectivity index (χ3n) is 5.24. The number of morpholine rings is 2. The van der Waals surface area contributed by atoms with Gasteiger partial charge in [-0.05, 0) is 18.3 Å². The minimum Gasteiger partial charge on any atom is -0.379 e. The third-order valence-corrected chi connectivity index (χ3v) is 11.0. The lowest BCUT2D eigenvalue weighted by Crippen LogP contribution is -2.48. The Balaban J connectivity index is 1.92. The molecule has 3 rings (SSSR count). The molecule has 2 saturated heterocycles. The highest BCUT2D eigenvalue weighted by molar-refractivity contribution is 7.81. The Kier molecular flexibility index (Phi) is 8.92. The summed E-state index contributed by atoms with van der Waals surface area (Å²) in [5.74, 6) is 0. The Morgan fingerprint density at radius 2 is 1.61 bits per heavy atom. The van der Waals surface area contributed by atoms with E-state index in [0.29, 0.717) is 47.1 Å². The topological polar surface area (TPSA) is 61.7 Å². The van der Waals surface area contributed by atoms with E-state index >= 15 is 0 Å². The van der Waals surface area contributed by atoms with Crippen molar-refractivity contribution in [1.82, 2.24) is 14.8 Å². The molecule has 0 aromatic heterocycles. The molecular weight excluding hydrogens is 476 g/mol. The first-order valence-electron chi connectivity index (χ1n) is 10.3. The molecule has 7 nitrogen and oxygen atoms in total. The van der Waals surface area contributed by atoms with Gasteiger partial charge in [0.2, 0.25) is 5.11 Å². The van der Waals surface area contributed by atoms with Gasteiger partial charge in [0, 0.05) is 36.9 Å². The molecule has 31 heavy (non-hydrogen) atoms. The number of rotatable bonds is 4. The summed E-state index contributed by atoms with van der Waals surface area (Å²) in [5.41, 5.74) is 3.64. The summed E-state index contributed by atoms with van der Waals surface area (Å²) in [6.45, 7) is 12.8. The first kappa shape index (κ1) is 25.1. The van der Waals surface area contributed by atoms with E-state index < -0.39 is 7.36 Å². The minimum atomic E-state index is -2.21. The zero-order chi connectivity index (χ0) is 22.5. The van der Waals surface area contributed by atoms with Gasteiger partial charge in [0.15, 0.2) is 0 Å². The van der Waals surface area contributed by atoms with Gasteiger partial charge in [0.05, 0.1) is 42.7 Å². The summed E-state index contributed by atoms with van der Waals surface area (Å²) in [6, 6.07) is 5.40. The molecule has 0 spiro atoms. The highest BCUT2D eigenvalue weighted by atomic mass is 35.5. The van der Waals surface area contributed by atoms with E-state index in [-0.39, 0.29) is 5.16 Å². The maximum absolute atomic E-state index is 6.24. The van der Waals surface area contributed by atoms with Crippen LogP contribution in [0.2, 0.25) is 10.0 Å². The van der Waals surface area contributed by atoms with E-state index in [1.165, 1.54) is 0 Å². The fraction of sp³-hybridized carbons (Fsp3) is 0.600. The Hall–Kier alpha value is -0.570. The maximum atomic E-state index is 6.24. The van der Waals surface area contributed by atoms with Crippen LogP contribution in [0.25, 0.3) is 0 Å². The van der Waals surface area contributed by atoms with Crippen molar-refractivity contribution in [3.05, 3.63) is 33.8 Å². The van der Waals surface area contributed by atoms with Crippen LogP contribution in [-0.2, 0) is 9.47 Å². The van der Waals surface area contributed by atoms with Crippen molar-refractivity contribution in [2.24, 2.45) is 9.85 Å². The lowest BCUT2D eigenvalue weighted by atomic mass is 10.2. The number of nitrogens with zero attached hydrogens (tertiary/aromatic N) is 4. The van der Waals surface area contributed by atoms with Gasteiger partial charge in [-0.25, -0.2) is 4.74 Å². The number of hydrazone groups is 1. The molecule has 0 amide bonds. The zero-order valence-corrected chi connectivity index (χ0v) is 21.4. The van der Waals surface area contributed by atoms with Crippen molar-refractivity contribution >= 4 is 54.1 Å². The number of hydrogen-bond acceptors (Lipinski definition) is 4. The molecule has 0 radical (unpaired) electrons. The summed E-state index contributed by atoms with van der Waals surface area (Å²) in [5, 5.41) is 5.45. The second kappa shape index (κ2) is 11.0. The fourth-order valence-corrected chi connectivity index (χ4v) is 8.99. The van der Waals surface area contributed by atoms with Crippen molar-refractivity contribution in [1.29, 1.82) is 0 Å². The molecule has 2 aliphatic heterocycles. The zero-order valence-electron chi connectivity index (χ0n) is 18.2. The standard InChI is InChI=1S/C20H30Cl2N5O2PS/c1-20(2,3)30(26-7-11-28-12-8-26,27-9-13-29-14-10-27)25-19(31)24-23-15-16-5-4-6-17(21)18(16)22/h4-6,15H,7-14H2,1-3H3,(H,24,31). The Morgan fingerprint density at radius 1 is 1.06 bits per heavy atom. The van der Waals surface area contributed by atoms with Gasteiger partial charge in [0.25, 0.3) is 0 Å². The first-order chi connectivity index (χ1) is 14.8. The number of hydrogen-bond donors (Lipinski definition) is 1. The van der Waals surface area contributed by atoms with Crippen LogP contribution < -0.4 is 5.43 Å². The van der Waals surface area contributed by atoms with Crippen molar-refractivity contribution < 1.29 is 9.47 Å². The average molecular weight is 506 g/mol. The van der Waals surface area contributed by atoms with E-state index in [1.54, 1.807) is 12.3 Å². The SMILES string of the molecule is CC(C)(C)P(=NC(=S)NN=Cc1cccc(Cl)c1Cl)(N1CCOCC1)N1CCOCC1. The molecule has 0 unspecified atom stereocenters. The van der Waals surface area contributed by atoms with Crippen LogP contribution >= 0.6 is 42.8 Å². The molecule has 11 heteroatoms. The van der Waals surface area contributed by atoms with E-state index in [1.807, 2.05) is 12.1 Å². The van der Waals surface area contributed by atoms with E-state index in [4.69, 9.17) is 49.6 Å². The average Bonchev–Trinajstić information content (AvgIpc) is 2.75. The number of halogens is 2. The fourth-order valence-electron chi connectivity index (χ4n) is 3.90. The normalized spacial score (nSPS) is 19.5. The summed E-state index contributed by atoms with van der Waals surface area (Å²) < 4.78 is 21.4. The highest BCUT2D eigenvalue weighted by Crippen LogP contribution is 2.66. The van der Waals surface area contributed by atoms with Crippen molar-refractivity contribution in [2.75, 3.05) is 52.6 Å². The molecule has 2 heterocycles. The van der Waals surface area contributed by atoms with E-state index in [2.05, 4.69) is 40.6 Å². The van der Waals surface area contributed by atoms with Gasteiger partial charge >= 0.3 is 0 Å². The van der Waals surface area contributed by atoms with Crippen LogP contribution in [0.4, 0.5) is 0 Å². The molecule has 0 saturated carbocycles. The first-order valence-corrected chi connectivity index (χ1v) is 13.1. The van der Waals surface area contributed by atoms with Crippen LogP contribution in [0.5, 0.6) is 0 Å². The van der Waals surface area contributed by atoms with E-state index in [9.17, 15) is 0 Å². The van der Waals surface area contributed by atoms with Gasteiger partial charge in [-0.1, -0.05) is 56.1 Å². The summed E-state index contributed by atoms with van der Waals surface area (Å²) in [7, 11) is -2.21. The van der Waals surface area contributed by atoms with Crippen molar-refractivity contribution in [3.8, 4) is 0 Å². The van der Waals surface area contributed by atoms with Crippen LogP contribution in [0, 0.1) is 0 Å². The van der Waals surface area contributed by atoms with Crippen LogP contribution in [-0.4, -0.2) is 78.4 Å². The molecule has 0 atom stereocenters. The summed E-state index contributed by atoms with van der Waals surface area (Å²) in [4.78, 5) is 0. The lowest BCUT2D eigenvalue weighted by Gasteiger charge is -2.52. The second-order valence-electron chi connectivity index (χ2n) is 8.29. The summed E-state index contributed by atoms with van der Waals surface area (Å²) in [6.07, 6.45) is 1.61. The molecule has 1 aromatic rings. The number of nitrogens with one attached hydrogen (secondary N) is 1. The number of thiocarbonyl (C=S) groups is 1. The molecule has 0 aliphatic carbocycles. The van der Waals surface area contributed by atoms with Crippen molar-refractivity contribution in [2.45, 2.75) is 25.9 Å². The third kappa shape index (κ3) is 5.87. The Morgan fingerprint density at radius 3 is 2.13 bits per heavy atom. The van der Waals surface area contributed by atoms with Gasteiger partial charge in [0.1, 0.15) is 7.36 Å². The predicted molar refractivity (Wildman–Crippen MR) is 134 cm³/mol. The second-order valence-corrected chi connectivity index (χ2v) is 13.3. The maximum Gasteiger partial charge on any atom is 0.214 e. The Bertz CT molecular complexity index is 844. The smallest absolute Gasteiger partial charge is 0.214 e. The van der Waals surface area contributed by atoms with Gasteiger partial charge in [-0.2, -0.15) is 5.10 Å². The largest absolute Gasteiger partial charge is 0.379 e. The van der Waals surface area contributed by atoms with Crippen LogP contribution in [0.3, 0.4) is 0 Å². The molecule has 2 aliphatic rings.